The van der Waals surface area contributed by atoms with Crippen molar-refractivity contribution in [1.29, 1.82) is 0 Å². The predicted molar refractivity (Wildman–Crippen MR) is 109 cm³/mol. The topological polar surface area (TPSA) is 50.8 Å². The number of hydrogen-bond donors (Lipinski definition) is 1. The van der Waals surface area contributed by atoms with Crippen LogP contribution in [0.1, 0.15) is 12.0 Å². The van der Waals surface area contributed by atoms with Gasteiger partial charge in [0.1, 0.15) is 18.1 Å². The van der Waals surface area contributed by atoms with Crippen molar-refractivity contribution in [3.05, 3.63) is 60.2 Å². The van der Waals surface area contributed by atoms with E-state index < -0.39 is 0 Å². The van der Waals surface area contributed by atoms with Gasteiger partial charge in [0.2, 0.25) is 0 Å². The van der Waals surface area contributed by atoms with Crippen LogP contribution < -0.4 is 14.8 Å². The van der Waals surface area contributed by atoms with Crippen molar-refractivity contribution >= 4 is 18.3 Å². The highest BCUT2D eigenvalue weighted by atomic mass is 35.5. The third-order valence-corrected chi connectivity index (χ3v) is 4.57. The predicted octanol–water partition coefficient (Wildman–Crippen LogP) is 3.13. The number of benzene rings is 2. The molecule has 1 atom stereocenters. The van der Waals surface area contributed by atoms with Gasteiger partial charge < -0.3 is 19.7 Å². The minimum Gasteiger partial charge on any atom is -0.489 e. The summed E-state index contributed by atoms with van der Waals surface area (Å²) in [4.78, 5) is 14.1. The van der Waals surface area contributed by atoms with E-state index in [1.165, 1.54) is 0 Å². The number of carbonyl (C=O) groups excluding carboxylic acids is 1. The molecule has 1 unspecified atom stereocenters. The lowest BCUT2D eigenvalue weighted by Crippen LogP contribution is -2.34. The minimum atomic E-state index is 0. The number of nitrogens with one attached hydrogen (secondary N) is 1. The summed E-state index contributed by atoms with van der Waals surface area (Å²) in [6, 6.07) is 17.4. The van der Waals surface area contributed by atoms with Crippen LogP contribution in [-0.2, 0) is 11.4 Å². The van der Waals surface area contributed by atoms with Crippen LogP contribution in [0, 0.1) is 5.92 Å². The zero-order valence-electron chi connectivity index (χ0n) is 15.6. The molecule has 6 heteroatoms. The molecule has 0 saturated carbocycles. The second-order valence-electron chi connectivity index (χ2n) is 6.59. The van der Waals surface area contributed by atoms with Crippen LogP contribution in [0.25, 0.3) is 0 Å². The highest BCUT2D eigenvalue weighted by molar-refractivity contribution is 5.85. The molecular weight excluding hydrogens is 364 g/mol. The van der Waals surface area contributed by atoms with Gasteiger partial charge in [-0.05, 0) is 55.8 Å². The van der Waals surface area contributed by atoms with E-state index in [1.807, 2.05) is 66.5 Å². The summed E-state index contributed by atoms with van der Waals surface area (Å²) < 4.78 is 11.4. The Morgan fingerprint density at radius 1 is 1.07 bits per heavy atom. The molecule has 0 aliphatic carbocycles. The number of hydrogen-bond acceptors (Lipinski definition) is 4. The molecule has 1 saturated heterocycles. The van der Waals surface area contributed by atoms with Gasteiger partial charge in [-0.3, -0.25) is 4.79 Å². The zero-order valence-corrected chi connectivity index (χ0v) is 16.4. The maximum absolute atomic E-state index is 12.3. The average Bonchev–Trinajstić information content (AvgIpc) is 3.15. The minimum absolute atomic E-state index is 0. The number of nitrogens with zero attached hydrogens (tertiary/aromatic N) is 1. The summed E-state index contributed by atoms with van der Waals surface area (Å²) in [7, 11) is 1.95. The van der Waals surface area contributed by atoms with E-state index in [4.69, 9.17) is 9.47 Å². The van der Waals surface area contributed by atoms with E-state index in [0.29, 0.717) is 18.3 Å². The fourth-order valence-electron chi connectivity index (χ4n) is 3.12. The molecule has 2 aromatic rings. The standard InChI is InChI=1S/C21H26N2O3.ClH/c1-22-13-18-11-12-23(14-18)21(24)16-26-20-9-7-19(8-10-20)25-15-17-5-3-2-4-6-17;/h2-10,18,22H,11-16H2,1H3;1H. The van der Waals surface area contributed by atoms with Crippen LogP contribution in [0.15, 0.2) is 54.6 Å². The van der Waals surface area contributed by atoms with Gasteiger partial charge >= 0.3 is 0 Å². The van der Waals surface area contributed by atoms with E-state index in [9.17, 15) is 4.79 Å². The molecule has 1 heterocycles. The third-order valence-electron chi connectivity index (χ3n) is 4.57. The first-order chi connectivity index (χ1) is 12.7. The molecule has 27 heavy (non-hydrogen) atoms. The maximum atomic E-state index is 12.3. The fraction of sp³-hybridized carbons (Fsp3) is 0.381. The monoisotopic (exact) mass is 390 g/mol. The largest absolute Gasteiger partial charge is 0.489 e. The van der Waals surface area contributed by atoms with Gasteiger partial charge in [0, 0.05) is 13.1 Å². The van der Waals surface area contributed by atoms with Gasteiger partial charge in [-0.1, -0.05) is 30.3 Å². The van der Waals surface area contributed by atoms with E-state index in [0.717, 1.165) is 37.4 Å². The molecule has 0 aromatic heterocycles. The Bertz CT molecular complexity index is 694. The highest BCUT2D eigenvalue weighted by Crippen LogP contribution is 2.20. The van der Waals surface area contributed by atoms with Crippen LogP contribution in [0.4, 0.5) is 0 Å². The van der Waals surface area contributed by atoms with E-state index in [-0.39, 0.29) is 24.9 Å². The van der Waals surface area contributed by atoms with Gasteiger partial charge in [-0.2, -0.15) is 0 Å². The summed E-state index contributed by atoms with van der Waals surface area (Å²) in [5, 5.41) is 3.17. The van der Waals surface area contributed by atoms with Crippen LogP contribution in [0.2, 0.25) is 0 Å². The van der Waals surface area contributed by atoms with Crippen molar-refractivity contribution < 1.29 is 14.3 Å². The van der Waals surface area contributed by atoms with Crippen LogP contribution in [0.5, 0.6) is 11.5 Å². The third kappa shape index (κ3) is 6.45. The van der Waals surface area contributed by atoms with E-state index in [2.05, 4.69) is 5.32 Å². The lowest BCUT2D eigenvalue weighted by atomic mass is 10.1. The summed E-state index contributed by atoms with van der Waals surface area (Å²) in [6.07, 6.45) is 1.06. The molecule has 0 spiro atoms. The number of likely N-dealkylation sites (tertiary alicyclic amines) is 1. The molecule has 146 valence electrons. The average molecular weight is 391 g/mol. The molecule has 1 aliphatic heterocycles. The molecule has 1 N–H and O–H groups in total. The summed E-state index contributed by atoms with van der Waals surface area (Å²) in [5.74, 6) is 2.05. The fourth-order valence-corrected chi connectivity index (χ4v) is 3.12. The molecule has 1 aliphatic rings. The van der Waals surface area contributed by atoms with Gasteiger partial charge in [-0.15, -0.1) is 12.4 Å². The zero-order chi connectivity index (χ0) is 18.2. The molecule has 2 aromatic carbocycles. The first kappa shape index (κ1) is 21.1. The molecule has 1 amide bonds. The number of ether oxygens (including phenoxy) is 2. The van der Waals surface area contributed by atoms with Gasteiger partial charge in [-0.25, -0.2) is 0 Å². The van der Waals surface area contributed by atoms with Gasteiger partial charge in [0.05, 0.1) is 0 Å². The second kappa shape index (κ2) is 10.8. The van der Waals surface area contributed by atoms with E-state index >= 15 is 0 Å². The molecule has 3 rings (SSSR count). The Morgan fingerprint density at radius 3 is 2.41 bits per heavy atom. The lowest BCUT2D eigenvalue weighted by molar-refractivity contribution is -0.132. The Hall–Kier alpha value is -2.24. The highest BCUT2D eigenvalue weighted by Gasteiger charge is 2.25. The van der Waals surface area contributed by atoms with Crippen LogP contribution >= 0.6 is 12.4 Å². The molecule has 1 fully saturated rings. The maximum Gasteiger partial charge on any atom is 0.260 e. The van der Waals surface area contributed by atoms with Crippen molar-refractivity contribution in [2.24, 2.45) is 5.92 Å². The summed E-state index contributed by atoms with van der Waals surface area (Å²) in [6.45, 7) is 3.20. The molecular formula is C21H27ClN2O3. The van der Waals surface area contributed by atoms with Crippen LogP contribution in [-0.4, -0.2) is 44.1 Å². The molecule has 0 radical (unpaired) electrons. The Morgan fingerprint density at radius 2 is 1.74 bits per heavy atom. The Balaban J connectivity index is 0.00000261. The Labute approximate surface area is 167 Å². The summed E-state index contributed by atoms with van der Waals surface area (Å²) in [5.41, 5.74) is 1.13. The Kier molecular flexibility index (Phi) is 8.43. The first-order valence-corrected chi connectivity index (χ1v) is 9.06. The van der Waals surface area contributed by atoms with Gasteiger partial charge in [0.15, 0.2) is 6.61 Å². The lowest BCUT2D eigenvalue weighted by Gasteiger charge is -2.17. The van der Waals surface area contributed by atoms with Gasteiger partial charge in [0.25, 0.3) is 5.91 Å². The SMILES string of the molecule is CNCC1CCN(C(=O)COc2ccc(OCc3ccccc3)cc2)C1.Cl. The number of amides is 1. The smallest absolute Gasteiger partial charge is 0.260 e. The number of carbonyl (C=O) groups is 1. The first-order valence-electron chi connectivity index (χ1n) is 9.06. The summed E-state index contributed by atoms with van der Waals surface area (Å²) >= 11 is 0. The quantitative estimate of drug-likeness (QED) is 0.752. The number of rotatable bonds is 8. The van der Waals surface area contributed by atoms with Crippen LogP contribution in [0.3, 0.4) is 0 Å². The van der Waals surface area contributed by atoms with Crippen molar-refractivity contribution in [1.82, 2.24) is 10.2 Å². The van der Waals surface area contributed by atoms with Crippen molar-refractivity contribution in [2.75, 3.05) is 33.3 Å². The molecule has 5 nitrogen and oxygen atoms in total. The van der Waals surface area contributed by atoms with Crippen molar-refractivity contribution in [3.8, 4) is 11.5 Å². The normalized spacial score (nSPS) is 15.9. The van der Waals surface area contributed by atoms with Crippen molar-refractivity contribution in [3.63, 3.8) is 0 Å². The van der Waals surface area contributed by atoms with Crippen molar-refractivity contribution in [2.45, 2.75) is 13.0 Å². The molecule has 0 bridgehead atoms. The number of halogens is 1. The second-order valence-corrected chi connectivity index (χ2v) is 6.59. The van der Waals surface area contributed by atoms with E-state index in [1.54, 1.807) is 0 Å².